The molecule has 0 aliphatic heterocycles. The van der Waals surface area contributed by atoms with Gasteiger partial charge in [-0.3, -0.25) is 9.59 Å². The number of amides is 1. The summed E-state index contributed by atoms with van der Waals surface area (Å²) in [6.45, 7) is 8.25. The zero-order chi connectivity index (χ0) is 20.0. The van der Waals surface area contributed by atoms with Crippen LogP contribution in [-0.2, 0) is 9.53 Å². The maximum atomic E-state index is 13.0. The number of hydrogen-bond donors (Lipinski definition) is 0. The number of ketones is 1. The number of hydrogen-bond acceptors (Lipinski definition) is 4. The Morgan fingerprint density at radius 1 is 0.889 bits per heavy atom. The van der Waals surface area contributed by atoms with Crippen molar-refractivity contribution in [3.63, 3.8) is 0 Å². The van der Waals surface area contributed by atoms with Crippen molar-refractivity contribution in [2.24, 2.45) is 0 Å². The van der Waals surface area contributed by atoms with E-state index in [1.807, 2.05) is 45.9 Å². The van der Waals surface area contributed by atoms with Crippen LogP contribution >= 0.6 is 0 Å². The van der Waals surface area contributed by atoms with Crippen LogP contribution in [0.25, 0.3) is 0 Å². The first-order chi connectivity index (χ1) is 12.9. The molecule has 5 nitrogen and oxygen atoms in total. The third-order valence-corrected chi connectivity index (χ3v) is 4.47. The quantitative estimate of drug-likeness (QED) is 0.554. The minimum atomic E-state index is -0.676. The predicted molar refractivity (Wildman–Crippen MR) is 104 cm³/mol. The summed E-state index contributed by atoms with van der Waals surface area (Å²) in [6, 6.07) is 12.1. The van der Waals surface area contributed by atoms with Crippen molar-refractivity contribution in [1.29, 1.82) is 0 Å². The molecule has 0 aliphatic carbocycles. The minimum Gasteiger partial charge on any atom is -0.452 e. The normalized spacial score (nSPS) is 10.4. The van der Waals surface area contributed by atoms with Crippen LogP contribution in [0.2, 0.25) is 0 Å². The summed E-state index contributed by atoms with van der Waals surface area (Å²) in [6.07, 6.45) is 0. The predicted octanol–water partition coefficient (Wildman–Crippen LogP) is 3.56. The van der Waals surface area contributed by atoms with Crippen LogP contribution in [0.3, 0.4) is 0 Å². The van der Waals surface area contributed by atoms with Crippen LogP contribution in [0, 0.1) is 13.8 Å². The van der Waals surface area contributed by atoms with Gasteiger partial charge in [-0.05, 0) is 45.4 Å². The van der Waals surface area contributed by atoms with Crippen molar-refractivity contribution in [1.82, 2.24) is 4.90 Å². The van der Waals surface area contributed by atoms with Crippen LogP contribution in [0.4, 0.5) is 0 Å². The lowest BCUT2D eigenvalue weighted by Gasteiger charge is -2.18. The summed E-state index contributed by atoms with van der Waals surface area (Å²) in [5.41, 5.74) is 2.79. The molecule has 0 atom stereocenters. The van der Waals surface area contributed by atoms with Gasteiger partial charge in [0.1, 0.15) is 0 Å². The van der Waals surface area contributed by atoms with Crippen molar-refractivity contribution in [3.05, 3.63) is 70.3 Å². The molecule has 27 heavy (non-hydrogen) atoms. The zero-order valence-corrected chi connectivity index (χ0v) is 16.2. The Balaban J connectivity index is 2.25. The van der Waals surface area contributed by atoms with Gasteiger partial charge < -0.3 is 9.64 Å². The fraction of sp³-hybridized carbons (Fsp3) is 0.318. The van der Waals surface area contributed by atoms with Crippen LogP contribution < -0.4 is 0 Å². The Bertz CT molecular complexity index is 853. The molecular weight excluding hydrogens is 342 g/mol. The Hall–Kier alpha value is -2.95. The highest BCUT2D eigenvalue weighted by Gasteiger charge is 2.21. The highest BCUT2D eigenvalue weighted by atomic mass is 16.5. The van der Waals surface area contributed by atoms with E-state index in [-0.39, 0.29) is 29.4 Å². The Labute approximate surface area is 159 Å². The van der Waals surface area contributed by atoms with E-state index in [9.17, 15) is 14.4 Å². The second-order valence-electron chi connectivity index (χ2n) is 6.34. The summed E-state index contributed by atoms with van der Waals surface area (Å²) in [5.74, 6) is -1.17. The molecular formula is C22H25NO4. The fourth-order valence-corrected chi connectivity index (χ4v) is 2.86. The molecule has 2 aromatic rings. The topological polar surface area (TPSA) is 63.7 Å². The van der Waals surface area contributed by atoms with Gasteiger partial charge in [0.05, 0.1) is 5.56 Å². The first-order valence-corrected chi connectivity index (χ1v) is 9.04. The second-order valence-corrected chi connectivity index (χ2v) is 6.34. The van der Waals surface area contributed by atoms with Gasteiger partial charge in [-0.15, -0.1) is 0 Å². The summed E-state index contributed by atoms with van der Waals surface area (Å²) in [4.78, 5) is 39.1. The maximum Gasteiger partial charge on any atom is 0.339 e. The maximum absolute atomic E-state index is 13.0. The van der Waals surface area contributed by atoms with E-state index < -0.39 is 5.97 Å². The number of rotatable bonds is 7. The molecule has 142 valence electrons. The molecule has 0 heterocycles. The largest absolute Gasteiger partial charge is 0.452 e. The summed E-state index contributed by atoms with van der Waals surface area (Å²) in [7, 11) is 0. The van der Waals surface area contributed by atoms with Crippen molar-refractivity contribution in [3.8, 4) is 0 Å². The smallest absolute Gasteiger partial charge is 0.339 e. The van der Waals surface area contributed by atoms with Crippen LogP contribution in [0.1, 0.15) is 51.3 Å². The lowest BCUT2D eigenvalue weighted by atomic mass is 9.94. The molecule has 0 bridgehead atoms. The molecule has 0 aliphatic rings. The lowest BCUT2D eigenvalue weighted by Crippen LogP contribution is -2.34. The Morgan fingerprint density at radius 2 is 1.52 bits per heavy atom. The molecule has 1 amide bonds. The third-order valence-electron chi connectivity index (χ3n) is 4.47. The molecule has 0 spiro atoms. The average molecular weight is 367 g/mol. The lowest BCUT2D eigenvalue weighted by molar-refractivity contribution is -0.134. The third kappa shape index (κ3) is 4.82. The Kier molecular flexibility index (Phi) is 6.88. The number of nitrogens with zero attached hydrogens (tertiary/aromatic N) is 1. The van der Waals surface area contributed by atoms with E-state index in [0.29, 0.717) is 18.7 Å². The molecule has 0 fully saturated rings. The SMILES string of the molecule is CCN(CC)C(=O)COC(=O)c1ccccc1C(=O)c1cc(C)ccc1C. The minimum absolute atomic E-state index is 0.163. The van der Waals surface area contributed by atoms with Crippen molar-refractivity contribution >= 4 is 17.7 Å². The molecule has 2 aromatic carbocycles. The highest BCUT2D eigenvalue weighted by molar-refractivity contribution is 6.15. The monoisotopic (exact) mass is 367 g/mol. The first kappa shape index (κ1) is 20.4. The standard InChI is InChI=1S/C22H25NO4/c1-5-23(6-2)20(24)14-27-22(26)18-10-8-7-9-17(18)21(25)19-13-15(3)11-12-16(19)4/h7-13H,5-6,14H2,1-4H3. The number of likely N-dealkylation sites (N-methyl/N-ethyl adjacent to an activating group) is 1. The summed E-state index contributed by atoms with van der Waals surface area (Å²) in [5, 5.41) is 0. The number of carbonyl (C=O) groups is 3. The van der Waals surface area contributed by atoms with Gasteiger partial charge >= 0.3 is 5.97 Å². The van der Waals surface area contributed by atoms with Crippen LogP contribution in [0.15, 0.2) is 42.5 Å². The molecule has 5 heteroatoms. The van der Waals surface area contributed by atoms with Crippen molar-refractivity contribution < 1.29 is 19.1 Å². The van der Waals surface area contributed by atoms with E-state index >= 15 is 0 Å². The van der Waals surface area contributed by atoms with Gasteiger partial charge in [-0.25, -0.2) is 4.79 Å². The Morgan fingerprint density at radius 3 is 2.15 bits per heavy atom. The molecule has 0 unspecified atom stereocenters. The number of carbonyl (C=O) groups excluding carboxylic acids is 3. The second kappa shape index (κ2) is 9.12. The van der Waals surface area contributed by atoms with E-state index in [1.54, 1.807) is 29.2 Å². The van der Waals surface area contributed by atoms with Gasteiger partial charge in [0.25, 0.3) is 5.91 Å². The zero-order valence-electron chi connectivity index (χ0n) is 16.2. The number of esters is 1. The molecule has 0 saturated heterocycles. The van der Waals surface area contributed by atoms with Gasteiger partial charge in [-0.1, -0.05) is 35.9 Å². The first-order valence-electron chi connectivity index (χ1n) is 9.04. The van der Waals surface area contributed by atoms with Crippen LogP contribution in [0.5, 0.6) is 0 Å². The van der Waals surface area contributed by atoms with Crippen molar-refractivity contribution in [2.45, 2.75) is 27.7 Å². The van der Waals surface area contributed by atoms with E-state index in [2.05, 4.69) is 0 Å². The van der Waals surface area contributed by atoms with E-state index in [4.69, 9.17) is 4.74 Å². The van der Waals surface area contributed by atoms with Crippen molar-refractivity contribution in [2.75, 3.05) is 19.7 Å². The van der Waals surface area contributed by atoms with Crippen LogP contribution in [-0.4, -0.2) is 42.3 Å². The number of aryl methyl sites for hydroxylation is 2. The molecule has 0 saturated carbocycles. The fourth-order valence-electron chi connectivity index (χ4n) is 2.86. The average Bonchev–Trinajstić information content (AvgIpc) is 2.68. The summed E-state index contributed by atoms with van der Waals surface area (Å²) < 4.78 is 5.17. The number of benzene rings is 2. The molecule has 0 aromatic heterocycles. The molecule has 0 radical (unpaired) electrons. The summed E-state index contributed by atoms with van der Waals surface area (Å²) >= 11 is 0. The van der Waals surface area contributed by atoms with Gasteiger partial charge in [0, 0.05) is 24.2 Å². The van der Waals surface area contributed by atoms with Gasteiger partial charge in [-0.2, -0.15) is 0 Å². The molecule has 2 rings (SSSR count). The highest BCUT2D eigenvalue weighted by Crippen LogP contribution is 2.19. The van der Waals surface area contributed by atoms with E-state index in [1.165, 1.54) is 0 Å². The number of ether oxygens (including phenoxy) is 1. The molecule has 0 N–H and O–H groups in total. The van der Waals surface area contributed by atoms with Gasteiger partial charge in [0.2, 0.25) is 0 Å². The van der Waals surface area contributed by atoms with E-state index in [0.717, 1.165) is 11.1 Å². The van der Waals surface area contributed by atoms with Gasteiger partial charge in [0.15, 0.2) is 12.4 Å².